The van der Waals surface area contributed by atoms with Crippen LogP contribution >= 0.6 is 0 Å². The lowest BCUT2D eigenvalue weighted by atomic mass is 10.2. The van der Waals surface area contributed by atoms with Gasteiger partial charge in [0.15, 0.2) is 0 Å². The highest BCUT2D eigenvalue weighted by molar-refractivity contribution is 7.84. The molecule has 3 nitrogen and oxygen atoms in total. The molecular weight excluding hydrogens is 172 g/mol. The van der Waals surface area contributed by atoms with E-state index in [9.17, 15) is 4.21 Å². The molecule has 0 amide bonds. The minimum Gasteiger partial charge on any atom is -0.387 e. The molecule has 0 aromatic carbocycles. The zero-order chi connectivity index (χ0) is 9.72. The Bertz CT molecular complexity index is 189. The van der Waals surface area contributed by atoms with Crippen LogP contribution in [0.2, 0.25) is 0 Å². The number of hydrogen-bond acceptors (Lipinski definition) is 2. The first-order valence-electron chi connectivity index (χ1n) is 4.07. The third-order valence-corrected chi connectivity index (χ3v) is 2.97. The molecule has 0 aliphatic rings. The highest BCUT2D eigenvalue weighted by atomic mass is 32.2. The van der Waals surface area contributed by atoms with Crippen LogP contribution in [0.3, 0.4) is 0 Å². The van der Waals surface area contributed by atoms with Gasteiger partial charge in [-0.1, -0.05) is 13.8 Å². The summed E-state index contributed by atoms with van der Waals surface area (Å²) < 4.78 is 10.9. The molecule has 0 rings (SSSR count). The summed E-state index contributed by atoms with van der Waals surface area (Å²) in [6, 6.07) is 0. The number of rotatable bonds is 4. The molecule has 0 aliphatic carbocycles. The van der Waals surface area contributed by atoms with Gasteiger partial charge in [-0.25, -0.2) is 0 Å². The molecule has 0 spiro atoms. The van der Waals surface area contributed by atoms with Gasteiger partial charge in [0, 0.05) is 23.0 Å². The molecule has 0 fully saturated rings. The fourth-order valence-electron chi connectivity index (χ4n) is 0.522. The molecule has 0 aromatic heterocycles. The first kappa shape index (κ1) is 11.6. The number of amidine groups is 1. The maximum absolute atomic E-state index is 10.9. The first-order valence-corrected chi connectivity index (χ1v) is 5.69. The number of hydrogen-bond donors (Lipinski definition) is 1. The third kappa shape index (κ3) is 4.49. The van der Waals surface area contributed by atoms with Crippen molar-refractivity contribution in [3.05, 3.63) is 0 Å². The lowest BCUT2D eigenvalue weighted by molar-refractivity contribution is 0.677. The average Bonchev–Trinajstić information content (AvgIpc) is 1.98. The quantitative estimate of drug-likeness (QED) is 0.526. The first-order chi connectivity index (χ1) is 5.45. The summed E-state index contributed by atoms with van der Waals surface area (Å²) in [6.45, 7) is 6.46. The Morgan fingerprint density at radius 1 is 1.50 bits per heavy atom. The second-order valence-corrected chi connectivity index (χ2v) is 5.03. The molecule has 4 heteroatoms. The lowest BCUT2D eigenvalue weighted by Crippen LogP contribution is -2.22. The zero-order valence-corrected chi connectivity index (χ0v) is 9.02. The summed E-state index contributed by atoms with van der Waals surface area (Å²) in [5.41, 5.74) is 5.62. The Morgan fingerprint density at radius 3 is 2.33 bits per heavy atom. The second-order valence-electron chi connectivity index (χ2n) is 3.23. The van der Waals surface area contributed by atoms with Gasteiger partial charge in [-0.05, 0) is 6.92 Å². The van der Waals surface area contributed by atoms with Crippen molar-refractivity contribution in [3.8, 4) is 0 Å². The van der Waals surface area contributed by atoms with Gasteiger partial charge in [-0.15, -0.1) is 0 Å². The SMILES string of the molecule is CC(C)C(N)=NCC(C)S(C)=O. The van der Waals surface area contributed by atoms with Crippen molar-refractivity contribution in [3.63, 3.8) is 0 Å². The summed E-state index contributed by atoms with van der Waals surface area (Å²) >= 11 is 0. The molecule has 2 unspecified atom stereocenters. The monoisotopic (exact) mass is 190 g/mol. The predicted octanol–water partition coefficient (Wildman–Crippen LogP) is 0.767. The molecule has 72 valence electrons. The molecule has 0 aromatic rings. The largest absolute Gasteiger partial charge is 0.387 e. The van der Waals surface area contributed by atoms with E-state index in [1.807, 2.05) is 20.8 Å². The minimum absolute atomic E-state index is 0.0994. The van der Waals surface area contributed by atoms with Gasteiger partial charge in [0.1, 0.15) is 0 Å². The van der Waals surface area contributed by atoms with Gasteiger partial charge < -0.3 is 5.73 Å². The molecule has 0 radical (unpaired) electrons. The van der Waals surface area contributed by atoms with E-state index in [0.717, 1.165) is 0 Å². The van der Waals surface area contributed by atoms with Gasteiger partial charge in [-0.3, -0.25) is 9.20 Å². The van der Waals surface area contributed by atoms with Gasteiger partial charge in [0.05, 0.1) is 17.6 Å². The van der Waals surface area contributed by atoms with Crippen LogP contribution in [0.15, 0.2) is 4.99 Å². The summed E-state index contributed by atoms with van der Waals surface area (Å²) in [5.74, 6) is 0.926. The van der Waals surface area contributed by atoms with Crippen LogP contribution in [0.4, 0.5) is 0 Å². The van der Waals surface area contributed by atoms with E-state index < -0.39 is 10.8 Å². The van der Waals surface area contributed by atoms with E-state index >= 15 is 0 Å². The highest BCUT2D eigenvalue weighted by Gasteiger charge is 2.05. The molecule has 0 saturated heterocycles. The average molecular weight is 190 g/mol. The number of nitrogens with zero attached hydrogens (tertiary/aromatic N) is 1. The maximum atomic E-state index is 10.9. The summed E-state index contributed by atoms with van der Waals surface area (Å²) in [4.78, 5) is 4.15. The van der Waals surface area contributed by atoms with Gasteiger partial charge in [-0.2, -0.15) is 0 Å². The van der Waals surface area contributed by atoms with Gasteiger partial charge >= 0.3 is 0 Å². The van der Waals surface area contributed by atoms with Crippen LogP contribution in [0, 0.1) is 5.92 Å². The van der Waals surface area contributed by atoms with Crippen molar-refractivity contribution in [2.45, 2.75) is 26.0 Å². The van der Waals surface area contributed by atoms with Crippen LogP contribution in [0.1, 0.15) is 20.8 Å². The maximum Gasteiger partial charge on any atom is 0.0963 e. The Hall–Kier alpha value is -0.380. The van der Waals surface area contributed by atoms with E-state index in [1.54, 1.807) is 6.26 Å². The summed E-state index contributed by atoms with van der Waals surface area (Å²) in [6.07, 6.45) is 1.69. The molecule has 0 saturated carbocycles. The van der Waals surface area contributed by atoms with Crippen molar-refractivity contribution in [2.75, 3.05) is 12.8 Å². The van der Waals surface area contributed by atoms with E-state index in [4.69, 9.17) is 5.73 Å². The Balaban J connectivity index is 3.96. The Labute approximate surface area is 76.9 Å². The van der Waals surface area contributed by atoms with Crippen molar-refractivity contribution >= 4 is 16.6 Å². The normalized spacial score (nSPS) is 17.9. The molecular formula is C8H18N2OS. The minimum atomic E-state index is -0.803. The van der Waals surface area contributed by atoms with Crippen molar-refractivity contribution in [1.29, 1.82) is 0 Å². The fourth-order valence-corrected chi connectivity index (χ4v) is 0.806. The lowest BCUT2D eigenvalue weighted by Gasteiger charge is -2.07. The van der Waals surface area contributed by atoms with Crippen LogP contribution in [-0.4, -0.2) is 28.1 Å². The van der Waals surface area contributed by atoms with Crippen LogP contribution in [0.5, 0.6) is 0 Å². The standard InChI is InChI=1S/C8H18N2OS/c1-6(2)8(9)10-5-7(3)12(4)11/h6-7H,5H2,1-4H3,(H2,9,10). The van der Waals surface area contributed by atoms with Crippen molar-refractivity contribution in [1.82, 2.24) is 0 Å². The number of aliphatic imine (C=N–C) groups is 1. The zero-order valence-electron chi connectivity index (χ0n) is 8.20. The van der Waals surface area contributed by atoms with Crippen molar-refractivity contribution < 1.29 is 4.21 Å². The predicted molar refractivity (Wildman–Crippen MR) is 54.9 cm³/mol. The highest BCUT2D eigenvalue weighted by Crippen LogP contribution is 1.96. The molecule has 0 aliphatic heterocycles. The molecule has 0 heterocycles. The van der Waals surface area contributed by atoms with Gasteiger partial charge in [0.25, 0.3) is 0 Å². The molecule has 12 heavy (non-hydrogen) atoms. The Morgan fingerprint density at radius 2 is 2.00 bits per heavy atom. The smallest absolute Gasteiger partial charge is 0.0963 e. The van der Waals surface area contributed by atoms with Crippen molar-refractivity contribution in [2.24, 2.45) is 16.6 Å². The van der Waals surface area contributed by atoms with Gasteiger partial charge in [0.2, 0.25) is 0 Å². The van der Waals surface area contributed by atoms with E-state index in [-0.39, 0.29) is 11.2 Å². The van der Waals surface area contributed by atoms with E-state index in [1.165, 1.54) is 0 Å². The number of nitrogens with two attached hydrogens (primary N) is 1. The van der Waals surface area contributed by atoms with Crippen LogP contribution in [0.25, 0.3) is 0 Å². The second kappa shape index (κ2) is 5.30. The molecule has 2 N–H and O–H groups in total. The molecule has 2 atom stereocenters. The van der Waals surface area contributed by atoms with E-state index in [0.29, 0.717) is 12.4 Å². The van der Waals surface area contributed by atoms with Crippen LogP contribution in [-0.2, 0) is 10.8 Å². The fraction of sp³-hybridized carbons (Fsp3) is 0.875. The third-order valence-electron chi connectivity index (χ3n) is 1.69. The topological polar surface area (TPSA) is 55.4 Å². The Kier molecular flexibility index (Phi) is 5.13. The summed E-state index contributed by atoms with van der Waals surface area (Å²) in [5, 5.41) is 0.0994. The molecule has 0 bridgehead atoms. The van der Waals surface area contributed by atoms with Crippen LogP contribution < -0.4 is 5.73 Å². The van der Waals surface area contributed by atoms with E-state index in [2.05, 4.69) is 4.99 Å². The summed E-state index contributed by atoms with van der Waals surface area (Å²) in [7, 11) is -0.803.